The van der Waals surface area contributed by atoms with Crippen molar-refractivity contribution in [3.8, 4) is 0 Å². The highest BCUT2D eigenvalue weighted by molar-refractivity contribution is 4.97. The molecule has 1 heterocycles. The third kappa shape index (κ3) is 2.40. The first kappa shape index (κ1) is 11.5. The molecule has 0 aliphatic heterocycles. The summed E-state index contributed by atoms with van der Waals surface area (Å²) < 4.78 is 1.86. The first-order valence-corrected chi connectivity index (χ1v) is 6.08. The molecule has 2 rings (SSSR count). The molecule has 5 nitrogen and oxygen atoms in total. The van der Waals surface area contributed by atoms with Crippen LogP contribution in [0.15, 0.2) is 0 Å². The van der Waals surface area contributed by atoms with Gasteiger partial charge >= 0.3 is 0 Å². The van der Waals surface area contributed by atoms with Crippen LogP contribution in [0.5, 0.6) is 0 Å². The van der Waals surface area contributed by atoms with Crippen molar-refractivity contribution in [3.63, 3.8) is 0 Å². The van der Waals surface area contributed by atoms with Crippen molar-refractivity contribution < 1.29 is 0 Å². The van der Waals surface area contributed by atoms with Gasteiger partial charge in [0.1, 0.15) is 0 Å². The predicted molar refractivity (Wildman–Crippen MR) is 61.9 cm³/mol. The summed E-state index contributed by atoms with van der Waals surface area (Å²) in [4.78, 5) is 0. The average molecular weight is 223 g/mol. The number of nitrogens with two attached hydrogens (primary N) is 1. The molecule has 0 atom stereocenters. The number of hydrogen-bond acceptors (Lipinski definition) is 4. The van der Waals surface area contributed by atoms with E-state index in [1.54, 1.807) is 0 Å². The predicted octanol–water partition coefficient (Wildman–Crippen LogP) is 1.32. The minimum absolute atomic E-state index is 0.489. The fourth-order valence-electron chi connectivity index (χ4n) is 2.44. The van der Waals surface area contributed by atoms with E-state index in [9.17, 15) is 0 Å². The highest BCUT2D eigenvalue weighted by atomic mass is 15.5. The van der Waals surface area contributed by atoms with Gasteiger partial charge in [0.15, 0.2) is 5.82 Å². The van der Waals surface area contributed by atoms with E-state index in [2.05, 4.69) is 29.4 Å². The Balaban J connectivity index is 2.05. The maximum Gasteiger partial charge on any atom is 0.154 e. The van der Waals surface area contributed by atoms with Gasteiger partial charge in [0.25, 0.3) is 0 Å². The lowest BCUT2D eigenvalue weighted by Crippen LogP contribution is -2.23. The van der Waals surface area contributed by atoms with Crippen molar-refractivity contribution in [3.05, 3.63) is 5.82 Å². The Hall–Kier alpha value is -0.970. The van der Waals surface area contributed by atoms with E-state index in [0.717, 1.165) is 12.4 Å². The second-order valence-electron chi connectivity index (χ2n) is 5.49. The molecule has 0 aromatic carbocycles. The summed E-state index contributed by atoms with van der Waals surface area (Å²) >= 11 is 0. The Kier molecular flexibility index (Phi) is 3.23. The Morgan fingerprint density at radius 3 is 2.69 bits per heavy atom. The minimum atomic E-state index is 0.489. The summed E-state index contributed by atoms with van der Waals surface area (Å²) in [5.41, 5.74) is 6.03. The van der Waals surface area contributed by atoms with Crippen LogP contribution in [0.25, 0.3) is 0 Å². The molecule has 1 aliphatic carbocycles. The summed E-state index contributed by atoms with van der Waals surface area (Å²) in [7, 11) is 0. The molecule has 2 N–H and O–H groups in total. The molecule has 16 heavy (non-hydrogen) atoms. The fraction of sp³-hybridized carbons (Fsp3) is 0.909. The SMILES string of the molecule is CC1(C)CCC(c2nnnn2CCN)CC1. The molecule has 0 amide bonds. The Morgan fingerprint density at radius 1 is 1.38 bits per heavy atom. The molecule has 1 saturated carbocycles. The molecule has 5 heteroatoms. The number of aromatic nitrogens is 4. The normalized spacial score (nSPS) is 21.2. The second kappa shape index (κ2) is 4.49. The number of hydrogen-bond donors (Lipinski definition) is 1. The van der Waals surface area contributed by atoms with E-state index in [1.807, 2.05) is 4.68 Å². The lowest BCUT2D eigenvalue weighted by atomic mass is 9.73. The smallest absolute Gasteiger partial charge is 0.154 e. The fourth-order valence-corrected chi connectivity index (χ4v) is 2.44. The zero-order chi connectivity index (χ0) is 11.6. The van der Waals surface area contributed by atoms with Crippen LogP contribution in [-0.4, -0.2) is 26.8 Å². The van der Waals surface area contributed by atoms with Crippen LogP contribution in [-0.2, 0) is 6.54 Å². The molecule has 0 spiro atoms. The maximum absolute atomic E-state index is 5.54. The van der Waals surface area contributed by atoms with Crippen molar-refractivity contribution in [1.82, 2.24) is 20.2 Å². The Bertz CT molecular complexity index is 334. The van der Waals surface area contributed by atoms with E-state index >= 15 is 0 Å². The van der Waals surface area contributed by atoms with Crippen molar-refractivity contribution in [1.29, 1.82) is 0 Å². The Morgan fingerprint density at radius 2 is 2.06 bits per heavy atom. The summed E-state index contributed by atoms with van der Waals surface area (Å²) in [6.07, 6.45) is 4.90. The van der Waals surface area contributed by atoms with Crippen LogP contribution < -0.4 is 5.73 Å². The van der Waals surface area contributed by atoms with Crippen molar-refractivity contribution >= 4 is 0 Å². The summed E-state index contributed by atoms with van der Waals surface area (Å²) in [6.45, 7) is 6.00. The average Bonchev–Trinajstić information content (AvgIpc) is 2.67. The van der Waals surface area contributed by atoms with Crippen LogP contribution in [0, 0.1) is 5.41 Å². The van der Waals surface area contributed by atoms with Crippen LogP contribution in [0.3, 0.4) is 0 Å². The number of rotatable bonds is 3. The molecule has 1 aliphatic rings. The zero-order valence-corrected chi connectivity index (χ0v) is 10.2. The lowest BCUT2D eigenvalue weighted by Gasteiger charge is -2.33. The van der Waals surface area contributed by atoms with E-state index in [4.69, 9.17) is 5.73 Å². The maximum atomic E-state index is 5.54. The van der Waals surface area contributed by atoms with Crippen LogP contribution >= 0.6 is 0 Å². The third-order valence-electron chi connectivity index (χ3n) is 3.60. The van der Waals surface area contributed by atoms with Gasteiger partial charge in [-0.3, -0.25) is 0 Å². The van der Waals surface area contributed by atoms with Crippen molar-refractivity contribution in [2.75, 3.05) is 6.54 Å². The van der Waals surface area contributed by atoms with Crippen molar-refractivity contribution in [2.24, 2.45) is 11.1 Å². The minimum Gasteiger partial charge on any atom is -0.329 e. The van der Waals surface area contributed by atoms with Gasteiger partial charge < -0.3 is 5.73 Å². The highest BCUT2D eigenvalue weighted by Gasteiger charge is 2.30. The topological polar surface area (TPSA) is 69.6 Å². The quantitative estimate of drug-likeness (QED) is 0.839. The number of tetrazole rings is 1. The monoisotopic (exact) mass is 223 g/mol. The zero-order valence-electron chi connectivity index (χ0n) is 10.2. The van der Waals surface area contributed by atoms with Gasteiger partial charge in [-0.15, -0.1) is 5.10 Å². The molecule has 0 radical (unpaired) electrons. The van der Waals surface area contributed by atoms with E-state index in [0.29, 0.717) is 17.9 Å². The molecule has 1 fully saturated rings. The van der Waals surface area contributed by atoms with Crippen LogP contribution in [0.4, 0.5) is 0 Å². The van der Waals surface area contributed by atoms with E-state index < -0.39 is 0 Å². The first-order valence-electron chi connectivity index (χ1n) is 6.08. The molecule has 0 unspecified atom stereocenters. The molecular formula is C11H21N5. The molecule has 0 saturated heterocycles. The summed E-state index contributed by atoms with van der Waals surface area (Å²) in [5.74, 6) is 1.55. The van der Waals surface area contributed by atoms with Crippen molar-refractivity contribution in [2.45, 2.75) is 52.0 Å². The van der Waals surface area contributed by atoms with E-state index in [1.165, 1.54) is 25.7 Å². The molecule has 1 aromatic heterocycles. The molecular weight excluding hydrogens is 202 g/mol. The summed E-state index contributed by atoms with van der Waals surface area (Å²) in [6, 6.07) is 0. The molecule has 1 aromatic rings. The van der Waals surface area contributed by atoms with Crippen LogP contribution in [0.2, 0.25) is 0 Å². The van der Waals surface area contributed by atoms with Gasteiger partial charge in [-0.2, -0.15) is 0 Å². The van der Waals surface area contributed by atoms with Gasteiger partial charge in [0.05, 0.1) is 6.54 Å². The lowest BCUT2D eigenvalue weighted by molar-refractivity contribution is 0.218. The Labute approximate surface area is 96.4 Å². The third-order valence-corrected chi connectivity index (χ3v) is 3.60. The van der Waals surface area contributed by atoms with Gasteiger partial charge in [0, 0.05) is 12.5 Å². The summed E-state index contributed by atoms with van der Waals surface area (Å²) in [5, 5.41) is 11.9. The van der Waals surface area contributed by atoms with Crippen LogP contribution in [0.1, 0.15) is 51.3 Å². The van der Waals surface area contributed by atoms with Gasteiger partial charge in [-0.25, -0.2) is 4.68 Å². The standard InChI is InChI=1S/C11H21N5/c1-11(2)5-3-9(4-6-11)10-13-14-15-16(10)8-7-12/h9H,3-8,12H2,1-2H3. The molecule has 0 bridgehead atoms. The first-order chi connectivity index (χ1) is 7.62. The largest absolute Gasteiger partial charge is 0.329 e. The number of nitrogens with zero attached hydrogens (tertiary/aromatic N) is 4. The highest BCUT2D eigenvalue weighted by Crippen LogP contribution is 2.41. The van der Waals surface area contributed by atoms with Gasteiger partial charge in [-0.05, 0) is 41.5 Å². The van der Waals surface area contributed by atoms with E-state index in [-0.39, 0.29) is 0 Å². The molecule has 90 valence electrons. The van der Waals surface area contributed by atoms with Gasteiger partial charge in [-0.1, -0.05) is 13.8 Å². The second-order valence-corrected chi connectivity index (χ2v) is 5.49. The van der Waals surface area contributed by atoms with Gasteiger partial charge in [0.2, 0.25) is 0 Å².